The molecule has 1 heterocycles. The molecule has 1 aliphatic heterocycles. The Morgan fingerprint density at radius 3 is 2.17 bits per heavy atom. The van der Waals surface area contributed by atoms with Gasteiger partial charge in [-0.2, -0.15) is 0 Å². The third-order valence-corrected chi connectivity index (χ3v) is 4.57. The Kier molecular flexibility index (Phi) is 5.55. The van der Waals surface area contributed by atoms with E-state index in [1.54, 1.807) is 17.2 Å². The summed E-state index contributed by atoms with van der Waals surface area (Å²) in [4.78, 5) is 17.3. The first-order chi connectivity index (χ1) is 11.0. The van der Waals surface area contributed by atoms with Gasteiger partial charge in [-0.1, -0.05) is 12.1 Å². The zero-order chi connectivity index (χ0) is 18.0. The molecule has 0 aliphatic carbocycles. The maximum Gasteiger partial charge on any atom is 0.330 e. The second-order valence-electron chi connectivity index (χ2n) is 7.33. The Morgan fingerprint density at radius 1 is 1.17 bits per heavy atom. The van der Waals surface area contributed by atoms with Crippen molar-refractivity contribution in [2.24, 2.45) is 5.41 Å². The zero-order valence-electron chi connectivity index (χ0n) is 14.7. The molecule has 134 valence electrons. The molecule has 2 rings (SSSR count). The van der Waals surface area contributed by atoms with Crippen LogP contribution in [0.2, 0.25) is 0 Å². The molecule has 0 amide bonds. The summed E-state index contributed by atoms with van der Waals surface area (Å²) in [6.45, 7) is 6.93. The van der Waals surface area contributed by atoms with E-state index in [4.69, 9.17) is 4.84 Å². The van der Waals surface area contributed by atoms with E-state index in [0.29, 0.717) is 24.7 Å². The number of nitrogens with one attached hydrogen (secondary N) is 1. The number of anilines is 1. The standard InChI is InChI=1S/C17H26N2O4S/c1-17(2,3)16(20)23-19-11-9-14(10-12-19)13-5-7-15(8-6-13)18-24(4,21)22/h5-8,14,18H,9-12H2,1-4H3. The summed E-state index contributed by atoms with van der Waals surface area (Å²) in [6, 6.07) is 7.47. The van der Waals surface area contributed by atoms with Gasteiger partial charge >= 0.3 is 5.97 Å². The molecule has 0 unspecified atom stereocenters. The van der Waals surface area contributed by atoms with Crippen LogP contribution in [0.4, 0.5) is 5.69 Å². The summed E-state index contributed by atoms with van der Waals surface area (Å²) in [5.74, 6) is 0.180. The van der Waals surface area contributed by atoms with Gasteiger partial charge in [-0.15, -0.1) is 5.06 Å². The van der Waals surface area contributed by atoms with Gasteiger partial charge in [0.05, 0.1) is 11.7 Å². The number of hydrogen-bond acceptors (Lipinski definition) is 5. The number of hydroxylamine groups is 2. The van der Waals surface area contributed by atoms with Crippen molar-refractivity contribution in [2.45, 2.75) is 39.5 Å². The van der Waals surface area contributed by atoms with Gasteiger partial charge in [0.2, 0.25) is 10.0 Å². The van der Waals surface area contributed by atoms with Crippen molar-refractivity contribution >= 4 is 21.7 Å². The highest BCUT2D eigenvalue weighted by molar-refractivity contribution is 7.92. The Hall–Kier alpha value is -1.60. The Morgan fingerprint density at radius 2 is 1.71 bits per heavy atom. The molecule has 1 fully saturated rings. The largest absolute Gasteiger partial charge is 0.367 e. The quantitative estimate of drug-likeness (QED) is 0.900. The summed E-state index contributed by atoms with van der Waals surface area (Å²) in [5, 5.41) is 1.74. The van der Waals surface area contributed by atoms with Gasteiger partial charge in [-0.3, -0.25) is 4.72 Å². The lowest BCUT2D eigenvalue weighted by Crippen LogP contribution is -2.38. The molecule has 1 aromatic carbocycles. The zero-order valence-corrected chi connectivity index (χ0v) is 15.5. The smallest absolute Gasteiger partial charge is 0.330 e. The van der Waals surface area contributed by atoms with E-state index in [9.17, 15) is 13.2 Å². The van der Waals surface area contributed by atoms with Gasteiger partial charge in [-0.25, -0.2) is 13.2 Å². The third-order valence-electron chi connectivity index (χ3n) is 3.96. The number of piperidine rings is 1. The molecule has 0 saturated carbocycles. The molecule has 1 N–H and O–H groups in total. The third kappa shape index (κ3) is 5.49. The molecule has 0 radical (unpaired) electrons. The predicted molar refractivity (Wildman–Crippen MR) is 94.0 cm³/mol. The van der Waals surface area contributed by atoms with Gasteiger partial charge in [0, 0.05) is 18.8 Å². The molecule has 0 spiro atoms. The van der Waals surface area contributed by atoms with Crippen LogP contribution in [-0.4, -0.2) is 38.8 Å². The Labute approximate surface area is 144 Å². The highest BCUT2D eigenvalue weighted by atomic mass is 32.2. The molecular weight excluding hydrogens is 328 g/mol. The van der Waals surface area contributed by atoms with E-state index in [-0.39, 0.29) is 5.97 Å². The molecule has 6 nitrogen and oxygen atoms in total. The number of rotatable bonds is 4. The number of carbonyl (C=O) groups excluding carboxylic acids is 1. The van der Waals surface area contributed by atoms with Crippen LogP contribution in [0.3, 0.4) is 0 Å². The van der Waals surface area contributed by atoms with Crippen molar-refractivity contribution in [2.75, 3.05) is 24.1 Å². The number of carbonyl (C=O) groups is 1. The molecule has 0 aromatic heterocycles. The van der Waals surface area contributed by atoms with E-state index in [1.165, 1.54) is 5.56 Å². The second-order valence-corrected chi connectivity index (χ2v) is 9.08. The summed E-state index contributed by atoms with van der Waals surface area (Å²) < 4.78 is 24.9. The van der Waals surface area contributed by atoms with Gasteiger partial charge in [0.25, 0.3) is 0 Å². The second kappa shape index (κ2) is 7.11. The number of sulfonamides is 1. The molecular formula is C17H26N2O4S. The van der Waals surface area contributed by atoms with E-state index in [2.05, 4.69) is 4.72 Å². The Balaban J connectivity index is 1.89. The van der Waals surface area contributed by atoms with Gasteiger partial charge in [0.15, 0.2) is 0 Å². The maximum absolute atomic E-state index is 11.9. The highest BCUT2D eigenvalue weighted by Crippen LogP contribution is 2.29. The monoisotopic (exact) mass is 354 g/mol. The van der Waals surface area contributed by atoms with E-state index in [0.717, 1.165) is 19.1 Å². The minimum Gasteiger partial charge on any atom is -0.367 e. The summed E-state index contributed by atoms with van der Waals surface area (Å²) in [7, 11) is -3.25. The first kappa shape index (κ1) is 18.7. The normalized spacial score (nSPS) is 17.5. The molecule has 24 heavy (non-hydrogen) atoms. The van der Waals surface area contributed by atoms with E-state index >= 15 is 0 Å². The lowest BCUT2D eigenvalue weighted by atomic mass is 9.90. The van der Waals surface area contributed by atoms with Crippen LogP contribution in [0, 0.1) is 5.41 Å². The fourth-order valence-corrected chi connectivity index (χ4v) is 3.14. The topological polar surface area (TPSA) is 75.7 Å². The first-order valence-corrected chi connectivity index (χ1v) is 9.99. The van der Waals surface area contributed by atoms with Crippen molar-refractivity contribution in [3.8, 4) is 0 Å². The van der Waals surface area contributed by atoms with Crippen molar-refractivity contribution in [3.05, 3.63) is 29.8 Å². The van der Waals surface area contributed by atoms with E-state index < -0.39 is 15.4 Å². The van der Waals surface area contributed by atoms with Crippen molar-refractivity contribution in [3.63, 3.8) is 0 Å². The molecule has 7 heteroatoms. The average molecular weight is 354 g/mol. The number of nitrogens with zero attached hydrogens (tertiary/aromatic N) is 1. The lowest BCUT2D eigenvalue weighted by Gasteiger charge is -2.32. The van der Waals surface area contributed by atoms with Gasteiger partial charge < -0.3 is 4.84 Å². The lowest BCUT2D eigenvalue weighted by molar-refractivity contribution is -0.204. The van der Waals surface area contributed by atoms with Gasteiger partial charge in [0.1, 0.15) is 0 Å². The minimum atomic E-state index is -3.25. The Bertz CT molecular complexity index is 670. The predicted octanol–water partition coefficient (Wildman–Crippen LogP) is 2.74. The SMILES string of the molecule is CC(C)(C)C(=O)ON1CCC(c2ccc(NS(C)(=O)=O)cc2)CC1. The van der Waals surface area contributed by atoms with Crippen LogP contribution in [0.25, 0.3) is 0 Å². The molecule has 1 aromatic rings. The van der Waals surface area contributed by atoms with Crippen molar-refractivity contribution in [1.82, 2.24) is 5.06 Å². The fraction of sp³-hybridized carbons (Fsp3) is 0.588. The van der Waals surface area contributed by atoms with Crippen molar-refractivity contribution < 1.29 is 18.0 Å². The maximum atomic E-state index is 11.9. The van der Waals surface area contributed by atoms with Crippen LogP contribution in [0.1, 0.15) is 45.1 Å². The van der Waals surface area contributed by atoms with E-state index in [1.807, 2.05) is 32.9 Å². The molecule has 0 atom stereocenters. The fourth-order valence-electron chi connectivity index (χ4n) is 2.57. The van der Waals surface area contributed by atoms with Crippen LogP contribution in [-0.2, 0) is 19.7 Å². The van der Waals surface area contributed by atoms with Crippen LogP contribution in [0.15, 0.2) is 24.3 Å². The average Bonchev–Trinajstić information content (AvgIpc) is 2.46. The highest BCUT2D eigenvalue weighted by Gasteiger charge is 2.28. The number of hydrogen-bond donors (Lipinski definition) is 1. The molecule has 1 saturated heterocycles. The van der Waals surface area contributed by atoms with Crippen LogP contribution in [0.5, 0.6) is 0 Å². The minimum absolute atomic E-state index is 0.211. The van der Waals surface area contributed by atoms with Crippen LogP contribution >= 0.6 is 0 Å². The summed E-state index contributed by atoms with van der Waals surface area (Å²) in [6.07, 6.45) is 2.93. The van der Waals surface area contributed by atoms with Gasteiger partial charge in [-0.05, 0) is 57.2 Å². The summed E-state index contributed by atoms with van der Waals surface area (Å²) in [5.41, 5.74) is 1.24. The number of benzene rings is 1. The van der Waals surface area contributed by atoms with Crippen molar-refractivity contribution in [1.29, 1.82) is 0 Å². The molecule has 1 aliphatic rings. The first-order valence-electron chi connectivity index (χ1n) is 8.10. The molecule has 0 bridgehead atoms. The summed E-state index contributed by atoms with van der Waals surface area (Å²) >= 11 is 0. The van der Waals surface area contributed by atoms with Crippen LogP contribution < -0.4 is 4.72 Å².